The van der Waals surface area contributed by atoms with E-state index in [1.807, 2.05) is 24.3 Å². The summed E-state index contributed by atoms with van der Waals surface area (Å²) in [5.41, 5.74) is 11.1. The maximum Gasteiger partial charge on any atom is 0.263 e. The first-order chi connectivity index (χ1) is 23.3. The number of likely N-dealkylation sites (tertiary alicyclic amines) is 1. The van der Waals surface area contributed by atoms with Gasteiger partial charge in [-0.2, -0.15) is 0 Å². The third-order valence-electron chi connectivity index (χ3n) is 10.5. The van der Waals surface area contributed by atoms with Crippen LogP contribution in [0.2, 0.25) is 5.02 Å². The molecule has 9 nitrogen and oxygen atoms in total. The lowest BCUT2D eigenvalue weighted by Gasteiger charge is -2.51. The smallest absolute Gasteiger partial charge is 0.263 e. The maximum absolute atomic E-state index is 13.3. The molecule has 252 valence electrons. The highest BCUT2D eigenvalue weighted by atomic mass is 35.5. The van der Waals surface area contributed by atoms with E-state index in [-0.39, 0.29) is 29.2 Å². The van der Waals surface area contributed by atoms with Crippen molar-refractivity contribution in [3.8, 4) is 11.1 Å². The van der Waals surface area contributed by atoms with Gasteiger partial charge in [0, 0.05) is 73.7 Å². The van der Waals surface area contributed by atoms with Gasteiger partial charge in [-0.15, -0.1) is 0 Å². The summed E-state index contributed by atoms with van der Waals surface area (Å²) in [7, 11) is 0. The van der Waals surface area contributed by atoms with Crippen LogP contribution >= 0.6 is 35.4 Å². The molecular weight excluding hydrogens is 664 g/mol. The van der Waals surface area contributed by atoms with Crippen LogP contribution in [-0.4, -0.2) is 70.0 Å². The average Bonchev–Trinajstić information content (AvgIpc) is 3.77. The molecule has 2 aromatic carbocycles. The van der Waals surface area contributed by atoms with Crippen LogP contribution in [0.3, 0.4) is 0 Å². The predicted molar refractivity (Wildman–Crippen MR) is 194 cm³/mol. The average molecular weight is 705 g/mol. The molecule has 0 bridgehead atoms. The number of rotatable bonds is 10. The quantitative estimate of drug-likeness (QED) is 0.175. The third kappa shape index (κ3) is 6.89. The first-order valence-electron chi connectivity index (χ1n) is 16.8. The third-order valence-corrected chi connectivity index (χ3v) is 11.9. The van der Waals surface area contributed by atoms with E-state index in [4.69, 9.17) is 34.3 Å². The standard InChI is InChI=1S/C36H41ClN6O3S2/c37-31-25(4-5-28-29(23-2-1-3-24(18-23)33(38)47)22-43(32(28)31)27-7-16-46-17-8-27)21-40-34(44)26-19-36(20-26)9-13-42(14-10-36)15-12-39-35(45)30-6-11-41-48-30/h1-6,11,18,22,26-27H,7-10,12-17,19-21H2,(H2,38,47)(H,39,45)(H,40,44). The lowest BCUT2D eigenvalue weighted by molar-refractivity contribution is -0.135. The molecule has 3 aliphatic rings. The van der Waals surface area contributed by atoms with Crippen LogP contribution in [0.1, 0.15) is 65.4 Å². The van der Waals surface area contributed by atoms with Crippen molar-refractivity contribution in [3.63, 3.8) is 0 Å². The van der Waals surface area contributed by atoms with Gasteiger partial charge >= 0.3 is 0 Å². The predicted octanol–water partition coefficient (Wildman–Crippen LogP) is 5.94. The summed E-state index contributed by atoms with van der Waals surface area (Å²) in [4.78, 5) is 28.9. The number of aromatic nitrogens is 2. The fourth-order valence-corrected chi connectivity index (χ4v) is 8.68. The molecule has 2 saturated heterocycles. The van der Waals surface area contributed by atoms with Gasteiger partial charge in [0.1, 0.15) is 9.87 Å². The Balaban J connectivity index is 0.970. The Morgan fingerprint density at radius 3 is 2.62 bits per heavy atom. The molecule has 7 rings (SSSR count). The SMILES string of the molecule is NC(=S)c1cccc(-c2cn(C3CCOCC3)c3c(Cl)c(CNC(=O)C4CC5(CCN(CCNC(=O)c6ccns6)CC5)C4)ccc23)c1. The Bertz CT molecular complexity index is 1800. The van der Waals surface area contributed by atoms with Crippen LogP contribution in [0, 0.1) is 11.3 Å². The number of piperidine rings is 1. The Labute approximate surface area is 295 Å². The minimum absolute atomic E-state index is 0.0383. The lowest BCUT2D eigenvalue weighted by Crippen LogP contribution is -2.51. The molecule has 2 aliphatic heterocycles. The fraction of sp³-hybridized carbons (Fsp3) is 0.444. The van der Waals surface area contributed by atoms with Crippen LogP contribution in [0.5, 0.6) is 0 Å². The lowest BCUT2D eigenvalue weighted by atomic mass is 9.57. The zero-order valence-electron chi connectivity index (χ0n) is 26.9. The molecule has 4 aromatic rings. The molecule has 0 atom stereocenters. The molecule has 1 spiro atoms. The first-order valence-corrected chi connectivity index (χ1v) is 18.3. The van der Waals surface area contributed by atoms with Crippen LogP contribution < -0.4 is 16.4 Å². The van der Waals surface area contributed by atoms with Crippen molar-refractivity contribution in [1.29, 1.82) is 0 Å². The largest absolute Gasteiger partial charge is 0.389 e. The van der Waals surface area contributed by atoms with Gasteiger partial charge < -0.3 is 30.6 Å². The molecule has 0 radical (unpaired) electrons. The number of carbonyl (C=O) groups is 2. The van der Waals surface area contributed by atoms with E-state index in [0.29, 0.717) is 28.0 Å². The monoisotopic (exact) mass is 704 g/mol. The normalized spacial score (nSPS) is 18.5. The van der Waals surface area contributed by atoms with Crippen molar-refractivity contribution in [2.75, 3.05) is 39.4 Å². The number of fused-ring (bicyclic) bond motifs is 1. The molecule has 3 fully saturated rings. The van der Waals surface area contributed by atoms with Gasteiger partial charge in [-0.3, -0.25) is 9.59 Å². The number of halogens is 1. The van der Waals surface area contributed by atoms with Gasteiger partial charge in [-0.1, -0.05) is 54.2 Å². The van der Waals surface area contributed by atoms with Gasteiger partial charge in [-0.25, -0.2) is 4.37 Å². The Morgan fingerprint density at radius 1 is 1.10 bits per heavy atom. The van der Waals surface area contributed by atoms with Crippen molar-refractivity contribution >= 4 is 63.1 Å². The van der Waals surface area contributed by atoms with Gasteiger partial charge in [0.15, 0.2) is 0 Å². The van der Waals surface area contributed by atoms with Crippen LogP contribution in [0.25, 0.3) is 22.0 Å². The van der Waals surface area contributed by atoms with Gasteiger partial charge in [0.2, 0.25) is 5.91 Å². The maximum atomic E-state index is 13.3. The number of hydrogen-bond donors (Lipinski definition) is 3. The molecule has 0 unspecified atom stereocenters. The number of nitrogens with zero attached hydrogens (tertiary/aromatic N) is 3. The molecule has 12 heteroatoms. The molecule has 2 amide bonds. The number of carbonyl (C=O) groups excluding carboxylic acids is 2. The fourth-order valence-electron chi connectivity index (χ4n) is 7.71. The van der Waals surface area contributed by atoms with Crippen molar-refractivity contribution in [2.24, 2.45) is 17.1 Å². The van der Waals surface area contributed by atoms with E-state index >= 15 is 0 Å². The highest BCUT2D eigenvalue weighted by Crippen LogP contribution is 2.52. The second-order valence-electron chi connectivity index (χ2n) is 13.5. The summed E-state index contributed by atoms with van der Waals surface area (Å²) in [5, 5.41) is 7.94. The number of nitrogens with two attached hydrogens (primary N) is 1. The number of ether oxygens (including phenoxy) is 1. The van der Waals surface area contributed by atoms with E-state index in [2.05, 4.69) is 42.8 Å². The molecule has 2 aromatic heterocycles. The summed E-state index contributed by atoms with van der Waals surface area (Å²) in [6.45, 7) is 5.29. The minimum atomic E-state index is -0.0581. The zero-order chi connectivity index (χ0) is 33.3. The van der Waals surface area contributed by atoms with Gasteiger partial charge in [0.05, 0.1) is 10.5 Å². The Hall–Kier alpha value is -3.35. The van der Waals surface area contributed by atoms with Gasteiger partial charge in [-0.05, 0) is 91.8 Å². The number of benzene rings is 2. The summed E-state index contributed by atoms with van der Waals surface area (Å²) in [6, 6.07) is 14.2. The van der Waals surface area contributed by atoms with E-state index in [9.17, 15) is 9.59 Å². The number of amides is 2. The van der Waals surface area contributed by atoms with Crippen molar-refractivity contribution in [1.82, 2.24) is 24.5 Å². The minimum Gasteiger partial charge on any atom is -0.389 e. The van der Waals surface area contributed by atoms with Gasteiger partial charge in [0.25, 0.3) is 5.91 Å². The molecule has 4 N–H and O–H groups in total. The highest BCUT2D eigenvalue weighted by molar-refractivity contribution is 7.80. The molecule has 1 saturated carbocycles. The molecule has 4 heterocycles. The zero-order valence-corrected chi connectivity index (χ0v) is 29.3. The second kappa shape index (κ2) is 14.2. The van der Waals surface area contributed by atoms with Crippen LogP contribution in [-0.2, 0) is 16.1 Å². The van der Waals surface area contributed by atoms with Crippen molar-refractivity contribution < 1.29 is 14.3 Å². The second-order valence-corrected chi connectivity index (χ2v) is 15.1. The summed E-state index contributed by atoms with van der Waals surface area (Å²) >= 11 is 13.7. The number of nitrogens with one attached hydrogen (secondary N) is 2. The molecule has 48 heavy (non-hydrogen) atoms. The summed E-state index contributed by atoms with van der Waals surface area (Å²) in [6.07, 6.45) is 9.73. The van der Waals surface area contributed by atoms with E-state index < -0.39 is 0 Å². The van der Waals surface area contributed by atoms with E-state index in [1.54, 1.807) is 12.3 Å². The Morgan fingerprint density at radius 2 is 1.90 bits per heavy atom. The van der Waals surface area contributed by atoms with Crippen LogP contribution in [0.15, 0.2) is 54.9 Å². The summed E-state index contributed by atoms with van der Waals surface area (Å²) in [5.74, 6) is 0.0913. The summed E-state index contributed by atoms with van der Waals surface area (Å²) < 4.78 is 12.0. The van der Waals surface area contributed by atoms with Crippen molar-refractivity contribution in [3.05, 3.63) is 75.9 Å². The molecular formula is C36H41ClN6O3S2. The molecule has 1 aliphatic carbocycles. The van der Waals surface area contributed by atoms with Crippen molar-refractivity contribution in [2.45, 2.75) is 51.1 Å². The van der Waals surface area contributed by atoms with E-state index in [1.165, 1.54) is 11.5 Å². The Kier molecular flexibility index (Phi) is 9.84. The number of hydrogen-bond acceptors (Lipinski definition) is 7. The topological polar surface area (TPSA) is 115 Å². The van der Waals surface area contributed by atoms with E-state index in [0.717, 1.165) is 105 Å². The highest BCUT2D eigenvalue weighted by Gasteiger charge is 2.48. The number of thiocarbonyl (C=S) groups is 1. The van der Waals surface area contributed by atoms with Crippen LogP contribution in [0.4, 0.5) is 0 Å². The first kappa shape index (κ1) is 33.2.